The number of amides is 2. The molecule has 1 fully saturated rings. The SMILES string of the molecule is Cc1nnc(NC(=O)NC2CCCC(C(F)(F)F)C2)s1. The van der Waals surface area contributed by atoms with E-state index in [2.05, 4.69) is 20.8 Å². The molecule has 2 unspecified atom stereocenters. The van der Waals surface area contributed by atoms with Gasteiger partial charge in [-0.3, -0.25) is 5.32 Å². The lowest BCUT2D eigenvalue weighted by molar-refractivity contribution is -0.183. The number of hydrogen-bond donors (Lipinski definition) is 2. The largest absolute Gasteiger partial charge is 0.391 e. The molecule has 5 nitrogen and oxygen atoms in total. The van der Waals surface area contributed by atoms with Gasteiger partial charge in [-0.2, -0.15) is 13.2 Å². The van der Waals surface area contributed by atoms with Gasteiger partial charge in [-0.1, -0.05) is 17.8 Å². The molecule has 0 bridgehead atoms. The number of rotatable bonds is 2. The first-order valence-corrected chi connectivity index (χ1v) is 7.10. The maximum atomic E-state index is 12.7. The van der Waals surface area contributed by atoms with Gasteiger partial charge in [0, 0.05) is 6.04 Å². The second-order valence-electron chi connectivity index (χ2n) is 4.83. The van der Waals surface area contributed by atoms with Crippen LogP contribution in [0.25, 0.3) is 0 Å². The molecule has 112 valence electrons. The van der Waals surface area contributed by atoms with Crippen LogP contribution in [-0.2, 0) is 0 Å². The Bertz CT molecular complexity index is 476. The van der Waals surface area contributed by atoms with Crippen LogP contribution in [0.2, 0.25) is 0 Å². The minimum atomic E-state index is -4.19. The van der Waals surface area contributed by atoms with Crippen molar-refractivity contribution >= 4 is 22.5 Å². The number of nitrogens with zero attached hydrogens (tertiary/aromatic N) is 2. The van der Waals surface area contributed by atoms with Crippen molar-refractivity contribution in [1.29, 1.82) is 0 Å². The number of urea groups is 1. The monoisotopic (exact) mass is 308 g/mol. The zero-order chi connectivity index (χ0) is 14.8. The Morgan fingerprint density at radius 3 is 2.70 bits per heavy atom. The predicted molar refractivity (Wildman–Crippen MR) is 68.6 cm³/mol. The van der Waals surface area contributed by atoms with Gasteiger partial charge in [-0.15, -0.1) is 10.2 Å². The third-order valence-electron chi connectivity index (χ3n) is 3.22. The second kappa shape index (κ2) is 5.94. The summed E-state index contributed by atoms with van der Waals surface area (Å²) in [5.41, 5.74) is 0. The highest BCUT2D eigenvalue weighted by Crippen LogP contribution is 2.37. The van der Waals surface area contributed by atoms with Gasteiger partial charge in [0.25, 0.3) is 0 Å². The first-order chi connectivity index (χ1) is 9.34. The van der Waals surface area contributed by atoms with E-state index in [0.29, 0.717) is 23.0 Å². The molecule has 1 aromatic rings. The van der Waals surface area contributed by atoms with Crippen LogP contribution in [0.3, 0.4) is 0 Å². The van der Waals surface area contributed by atoms with Crippen LogP contribution in [-0.4, -0.2) is 28.4 Å². The third-order valence-corrected chi connectivity index (χ3v) is 3.97. The zero-order valence-electron chi connectivity index (χ0n) is 10.8. The molecule has 1 heterocycles. The number of carbonyl (C=O) groups excluding carboxylic acids is 1. The van der Waals surface area contributed by atoms with E-state index in [1.165, 1.54) is 11.3 Å². The standard InChI is InChI=1S/C11H15F3N4OS/c1-6-17-18-10(20-6)16-9(19)15-8-4-2-3-7(5-8)11(12,13)14/h7-8H,2-5H2,1H3,(H2,15,16,18,19). The summed E-state index contributed by atoms with van der Waals surface area (Å²) in [4.78, 5) is 11.7. The lowest BCUT2D eigenvalue weighted by atomic mass is 9.85. The molecule has 2 amide bonds. The Balaban J connectivity index is 1.85. The van der Waals surface area contributed by atoms with E-state index < -0.39 is 24.2 Å². The summed E-state index contributed by atoms with van der Waals surface area (Å²) in [6.45, 7) is 1.75. The van der Waals surface area contributed by atoms with Crippen molar-refractivity contribution in [2.75, 3.05) is 5.32 Å². The number of aromatic nitrogens is 2. The van der Waals surface area contributed by atoms with Gasteiger partial charge in [-0.05, 0) is 26.2 Å². The summed E-state index contributed by atoms with van der Waals surface area (Å²) in [6, 6.07) is -0.988. The number of hydrogen-bond acceptors (Lipinski definition) is 4. The van der Waals surface area contributed by atoms with Gasteiger partial charge in [-0.25, -0.2) is 4.79 Å². The smallest absolute Gasteiger partial charge is 0.335 e. The van der Waals surface area contributed by atoms with Crippen molar-refractivity contribution in [2.24, 2.45) is 5.92 Å². The number of nitrogens with one attached hydrogen (secondary N) is 2. The predicted octanol–water partition coefficient (Wildman–Crippen LogP) is 3.09. The van der Waals surface area contributed by atoms with Crippen LogP contribution in [0.1, 0.15) is 30.7 Å². The Morgan fingerprint density at radius 1 is 1.35 bits per heavy atom. The van der Waals surface area contributed by atoms with E-state index in [1.54, 1.807) is 6.92 Å². The molecular formula is C11H15F3N4OS. The molecule has 0 radical (unpaired) electrons. The third kappa shape index (κ3) is 4.06. The van der Waals surface area contributed by atoms with Gasteiger partial charge in [0.15, 0.2) is 0 Å². The molecule has 1 aromatic heterocycles. The number of carbonyl (C=O) groups is 1. The zero-order valence-corrected chi connectivity index (χ0v) is 11.6. The molecule has 1 aliphatic carbocycles. The van der Waals surface area contributed by atoms with E-state index >= 15 is 0 Å². The summed E-state index contributed by atoms with van der Waals surface area (Å²) in [5.74, 6) is -1.33. The summed E-state index contributed by atoms with van der Waals surface area (Å²) in [6.07, 6.45) is -3.08. The maximum Gasteiger partial charge on any atom is 0.391 e. The molecule has 2 N–H and O–H groups in total. The van der Waals surface area contributed by atoms with Crippen LogP contribution in [0, 0.1) is 12.8 Å². The van der Waals surface area contributed by atoms with Crippen molar-refractivity contribution in [3.05, 3.63) is 5.01 Å². The van der Waals surface area contributed by atoms with Gasteiger partial charge < -0.3 is 5.32 Å². The van der Waals surface area contributed by atoms with E-state index in [0.717, 1.165) is 0 Å². The fraction of sp³-hybridized carbons (Fsp3) is 0.727. The molecule has 0 spiro atoms. The van der Waals surface area contributed by atoms with Crippen LogP contribution in [0.15, 0.2) is 0 Å². The molecule has 2 atom stereocenters. The Hall–Kier alpha value is -1.38. The van der Waals surface area contributed by atoms with Gasteiger partial charge in [0.2, 0.25) is 5.13 Å². The Kier molecular flexibility index (Phi) is 4.46. The van der Waals surface area contributed by atoms with E-state index in [-0.39, 0.29) is 12.8 Å². The summed E-state index contributed by atoms with van der Waals surface area (Å²) >= 11 is 1.21. The fourth-order valence-corrected chi connectivity index (χ4v) is 2.87. The fourth-order valence-electron chi connectivity index (χ4n) is 2.28. The minimum absolute atomic E-state index is 0.0634. The first-order valence-electron chi connectivity index (χ1n) is 6.29. The molecule has 0 aromatic carbocycles. The van der Waals surface area contributed by atoms with Crippen molar-refractivity contribution in [1.82, 2.24) is 15.5 Å². The van der Waals surface area contributed by atoms with Crippen molar-refractivity contribution < 1.29 is 18.0 Å². The molecule has 2 rings (SSSR count). The molecule has 1 aliphatic rings. The number of halogens is 3. The molecule has 9 heteroatoms. The van der Waals surface area contributed by atoms with Crippen molar-refractivity contribution in [2.45, 2.75) is 44.8 Å². The lowest BCUT2D eigenvalue weighted by Crippen LogP contribution is -2.43. The quantitative estimate of drug-likeness (QED) is 0.882. The Labute approximate surface area is 118 Å². The van der Waals surface area contributed by atoms with Crippen LogP contribution in [0.4, 0.5) is 23.1 Å². The summed E-state index contributed by atoms with van der Waals surface area (Å²) in [7, 11) is 0. The molecule has 1 saturated carbocycles. The minimum Gasteiger partial charge on any atom is -0.335 e. The highest BCUT2D eigenvalue weighted by Gasteiger charge is 2.42. The van der Waals surface area contributed by atoms with Crippen LogP contribution in [0.5, 0.6) is 0 Å². The van der Waals surface area contributed by atoms with Crippen LogP contribution >= 0.6 is 11.3 Å². The summed E-state index contributed by atoms with van der Waals surface area (Å²) in [5, 5.41) is 13.5. The summed E-state index contributed by atoms with van der Waals surface area (Å²) < 4.78 is 38.0. The second-order valence-corrected chi connectivity index (χ2v) is 6.01. The van der Waals surface area contributed by atoms with Gasteiger partial charge in [0.1, 0.15) is 5.01 Å². The molecule has 0 saturated heterocycles. The van der Waals surface area contributed by atoms with E-state index in [4.69, 9.17) is 0 Å². The molecular weight excluding hydrogens is 293 g/mol. The highest BCUT2D eigenvalue weighted by molar-refractivity contribution is 7.15. The van der Waals surface area contributed by atoms with Gasteiger partial charge in [0.05, 0.1) is 5.92 Å². The normalized spacial score (nSPS) is 23.4. The Morgan fingerprint density at radius 2 is 2.10 bits per heavy atom. The van der Waals surface area contributed by atoms with Crippen molar-refractivity contribution in [3.63, 3.8) is 0 Å². The average Bonchev–Trinajstić information content (AvgIpc) is 2.73. The number of aryl methyl sites for hydroxylation is 1. The van der Waals surface area contributed by atoms with Gasteiger partial charge >= 0.3 is 12.2 Å². The number of anilines is 1. The first kappa shape index (κ1) is 15.0. The molecule has 20 heavy (non-hydrogen) atoms. The molecule has 0 aliphatic heterocycles. The topological polar surface area (TPSA) is 66.9 Å². The number of alkyl halides is 3. The van der Waals surface area contributed by atoms with E-state index in [1.807, 2.05) is 0 Å². The average molecular weight is 308 g/mol. The lowest BCUT2D eigenvalue weighted by Gasteiger charge is -2.30. The van der Waals surface area contributed by atoms with Crippen molar-refractivity contribution in [3.8, 4) is 0 Å². The highest BCUT2D eigenvalue weighted by atomic mass is 32.1. The van der Waals surface area contributed by atoms with Crippen LogP contribution < -0.4 is 10.6 Å². The van der Waals surface area contributed by atoms with E-state index in [9.17, 15) is 18.0 Å². The maximum absolute atomic E-state index is 12.7.